The minimum atomic E-state index is 0.388. The molecule has 17 heavy (non-hydrogen) atoms. The monoisotopic (exact) mass is 238 g/mol. The maximum atomic E-state index is 6.14. The molecule has 0 radical (unpaired) electrons. The minimum absolute atomic E-state index is 0.388. The van der Waals surface area contributed by atoms with Crippen LogP contribution in [-0.2, 0) is 0 Å². The SMILES string of the molecule is CC(C)[C@H](N)CCN1CC[C@@H]2CCCC[C@H]2C1. The quantitative estimate of drug-likeness (QED) is 0.816. The minimum Gasteiger partial charge on any atom is -0.327 e. The van der Waals surface area contributed by atoms with E-state index in [0.29, 0.717) is 12.0 Å². The topological polar surface area (TPSA) is 29.3 Å². The number of nitrogens with zero attached hydrogens (tertiary/aromatic N) is 1. The zero-order chi connectivity index (χ0) is 12.3. The third kappa shape index (κ3) is 3.69. The maximum absolute atomic E-state index is 6.14. The van der Waals surface area contributed by atoms with Gasteiger partial charge in [-0.1, -0.05) is 33.1 Å². The van der Waals surface area contributed by atoms with Crippen LogP contribution >= 0.6 is 0 Å². The van der Waals surface area contributed by atoms with Crippen LogP contribution in [0.4, 0.5) is 0 Å². The van der Waals surface area contributed by atoms with E-state index in [0.717, 1.165) is 11.8 Å². The van der Waals surface area contributed by atoms with E-state index >= 15 is 0 Å². The van der Waals surface area contributed by atoms with Crippen molar-refractivity contribution in [2.45, 2.75) is 58.4 Å². The highest BCUT2D eigenvalue weighted by atomic mass is 15.1. The van der Waals surface area contributed by atoms with Crippen molar-refractivity contribution in [3.05, 3.63) is 0 Å². The maximum Gasteiger partial charge on any atom is 0.00740 e. The lowest BCUT2D eigenvalue weighted by Crippen LogP contribution is -2.43. The molecule has 2 aliphatic rings. The summed E-state index contributed by atoms with van der Waals surface area (Å²) in [5.41, 5.74) is 6.14. The second-order valence-corrected chi connectivity index (χ2v) is 6.59. The number of rotatable bonds is 4. The van der Waals surface area contributed by atoms with Gasteiger partial charge in [-0.15, -0.1) is 0 Å². The second-order valence-electron chi connectivity index (χ2n) is 6.59. The van der Waals surface area contributed by atoms with Gasteiger partial charge < -0.3 is 10.6 Å². The van der Waals surface area contributed by atoms with Gasteiger partial charge in [-0.25, -0.2) is 0 Å². The summed E-state index contributed by atoms with van der Waals surface area (Å²) in [6, 6.07) is 0.388. The summed E-state index contributed by atoms with van der Waals surface area (Å²) < 4.78 is 0. The van der Waals surface area contributed by atoms with E-state index in [1.807, 2.05) is 0 Å². The Morgan fingerprint density at radius 3 is 2.53 bits per heavy atom. The summed E-state index contributed by atoms with van der Waals surface area (Å²) in [6.45, 7) is 8.38. The molecule has 0 aromatic carbocycles. The van der Waals surface area contributed by atoms with Gasteiger partial charge in [0.15, 0.2) is 0 Å². The molecule has 0 amide bonds. The summed E-state index contributed by atoms with van der Waals surface area (Å²) in [5.74, 6) is 2.69. The fourth-order valence-electron chi connectivity index (χ4n) is 3.54. The number of hydrogen-bond acceptors (Lipinski definition) is 2. The Labute approximate surface area is 107 Å². The average molecular weight is 238 g/mol. The van der Waals surface area contributed by atoms with E-state index in [1.54, 1.807) is 0 Å². The van der Waals surface area contributed by atoms with Crippen LogP contribution in [0.5, 0.6) is 0 Å². The molecule has 0 unspecified atom stereocenters. The van der Waals surface area contributed by atoms with E-state index < -0.39 is 0 Å². The summed E-state index contributed by atoms with van der Waals surface area (Å²) in [5, 5.41) is 0. The summed E-state index contributed by atoms with van der Waals surface area (Å²) in [6.07, 6.45) is 8.57. The van der Waals surface area contributed by atoms with Crippen molar-refractivity contribution in [3.8, 4) is 0 Å². The number of likely N-dealkylation sites (tertiary alicyclic amines) is 1. The Bertz CT molecular complexity index is 227. The fraction of sp³-hybridized carbons (Fsp3) is 1.00. The zero-order valence-corrected chi connectivity index (χ0v) is 11.7. The van der Waals surface area contributed by atoms with Gasteiger partial charge in [0, 0.05) is 12.6 Å². The molecule has 2 rings (SSSR count). The van der Waals surface area contributed by atoms with Crippen molar-refractivity contribution in [1.82, 2.24) is 4.90 Å². The lowest BCUT2D eigenvalue weighted by molar-refractivity contribution is 0.0838. The molecule has 0 bridgehead atoms. The Morgan fingerprint density at radius 1 is 1.12 bits per heavy atom. The van der Waals surface area contributed by atoms with Crippen molar-refractivity contribution in [2.75, 3.05) is 19.6 Å². The number of hydrogen-bond donors (Lipinski definition) is 1. The molecule has 1 heterocycles. The van der Waals surface area contributed by atoms with Gasteiger partial charge in [0.25, 0.3) is 0 Å². The molecule has 1 saturated carbocycles. The molecule has 2 fully saturated rings. The molecular formula is C15H30N2. The van der Waals surface area contributed by atoms with Crippen LogP contribution < -0.4 is 5.73 Å². The molecule has 2 N–H and O–H groups in total. The highest BCUT2D eigenvalue weighted by Gasteiger charge is 2.30. The van der Waals surface area contributed by atoms with Crippen molar-refractivity contribution >= 4 is 0 Å². The van der Waals surface area contributed by atoms with E-state index in [-0.39, 0.29) is 0 Å². The highest BCUT2D eigenvalue weighted by Crippen LogP contribution is 2.36. The van der Waals surface area contributed by atoms with Crippen LogP contribution in [0.2, 0.25) is 0 Å². The van der Waals surface area contributed by atoms with Crippen LogP contribution in [-0.4, -0.2) is 30.6 Å². The molecule has 0 spiro atoms. The predicted molar refractivity (Wildman–Crippen MR) is 73.9 cm³/mol. The summed E-state index contributed by atoms with van der Waals surface area (Å²) in [4.78, 5) is 2.68. The summed E-state index contributed by atoms with van der Waals surface area (Å²) in [7, 11) is 0. The van der Waals surface area contributed by atoms with E-state index in [2.05, 4.69) is 18.7 Å². The van der Waals surface area contributed by atoms with Gasteiger partial charge in [-0.3, -0.25) is 0 Å². The van der Waals surface area contributed by atoms with Crippen LogP contribution in [0.3, 0.4) is 0 Å². The normalized spacial score (nSPS) is 32.5. The zero-order valence-electron chi connectivity index (χ0n) is 11.7. The number of nitrogens with two attached hydrogens (primary N) is 1. The molecule has 0 aromatic heterocycles. The van der Waals surface area contributed by atoms with E-state index in [9.17, 15) is 0 Å². The average Bonchev–Trinajstić information content (AvgIpc) is 2.35. The Morgan fingerprint density at radius 2 is 1.82 bits per heavy atom. The third-order valence-corrected chi connectivity index (χ3v) is 5.01. The Hall–Kier alpha value is -0.0800. The molecule has 1 aliphatic heterocycles. The predicted octanol–water partition coefficient (Wildman–Crippen LogP) is 2.87. The molecule has 2 heteroatoms. The van der Waals surface area contributed by atoms with Crippen molar-refractivity contribution in [3.63, 3.8) is 0 Å². The molecule has 3 atom stereocenters. The standard InChI is InChI=1S/C15H30N2/c1-12(2)15(16)8-10-17-9-7-13-5-3-4-6-14(13)11-17/h12-15H,3-11,16H2,1-2H3/t13-,14-,15+/m0/s1. The molecule has 100 valence electrons. The van der Waals surface area contributed by atoms with Gasteiger partial charge in [-0.05, 0) is 50.1 Å². The van der Waals surface area contributed by atoms with Gasteiger partial charge in [0.1, 0.15) is 0 Å². The van der Waals surface area contributed by atoms with Gasteiger partial charge in [0.05, 0.1) is 0 Å². The van der Waals surface area contributed by atoms with Gasteiger partial charge in [0.2, 0.25) is 0 Å². The fourth-order valence-corrected chi connectivity index (χ4v) is 3.54. The lowest BCUT2D eigenvalue weighted by atomic mass is 9.75. The first-order valence-corrected chi connectivity index (χ1v) is 7.64. The van der Waals surface area contributed by atoms with Gasteiger partial charge >= 0.3 is 0 Å². The first-order valence-electron chi connectivity index (χ1n) is 7.64. The first kappa shape index (κ1) is 13.4. The largest absolute Gasteiger partial charge is 0.327 e. The van der Waals surface area contributed by atoms with Crippen LogP contribution in [0.1, 0.15) is 52.4 Å². The van der Waals surface area contributed by atoms with Crippen LogP contribution in [0, 0.1) is 17.8 Å². The number of piperidine rings is 1. The van der Waals surface area contributed by atoms with Crippen molar-refractivity contribution in [1.29, 1.82) is 0 Å². The smallest absolute Gasteiger partial charge is 0.00740 e. The highest BCUT2D eigenvalue weighted by molar-refractivity contribution is 4.84. The molecule has 1 saturated heterocycles. The first-order chi connectivity index (χ1) is 8.16. The Kier molecular flexibility index (Phi) is 4.87. The number of fused-ring (bicyclic) bond motifs is 1. The molecule has 2 nitrogen and oxygen atoms in total. The second kappa shape index (κ2) is 6.19. The molecule has 0 aromatic rings. The molecule has 1 aliphatic carbocycles. The third-order valence-electron chi connectivity index (χ3n) is 5.01. The lowest BCUT2D eigenvalue weighted by Gasteiger charge is -2.41. The summed E-state index contributed by atoms with van der Waals surface area (Å²) >= 11 is 0. The van der Waals surface area contributed by atoms with Gasteiger partial charge in [-0.2, -0.15) is 0 Å². The van der Waals surface area contributed by atoms with Crippen LogP contribution in [0.15, 0.2) is 0 Å². The van der Waals surface area contributed by atoms with E-state index in [4.69, 9.17) is 5.73 Å². The van der Waals surface area contributed by atoms with Crippen molar-refractivity contribution < 1.29 is 0 Å². The van der Waals surface area contributed by atoms with E-state index in [1.165, 1.54) is 58.2 Å². The van der Waals surface area contributed by atoms with Crippen molar-refractivity contribution in [2.24, 2.45) is 23.5 Å². The van der Waals surface area contributed by atoms with Crippen LogP contribution in [0.25, 0.3) is 0 Å². The Balaban J connectivity index is 1.72. The molecular weight excluding hydrogens is 208 g/mol.